The molecule has 1 heterocycles. The van der Waals surface area contributed by atoms with Crippen LogP contribution in [0.4, 0.5) is 4.39 Å². The maximum absolute atomic E-state index is 13.2. The number of nitriles is 1. The molecule has 0 spiro atoms. The maximum Gasteiger partial charge on any atom is 0.123 e. The van der Waals surface area contributed by atoms with E-state index in [1.54, 1.807) is 12.1 Å². The van der Waals surface area contributed by atoms with Crippen molar-refractivity contribution in [3.63, 3.8) is 0 Å². The van der Waals surface area contributed by atoms with E-state index in [0.29, 0.717) is 6.42 Å². The van der Waals surface area contributed by atoms with E-state index >= 15 is 0 Å². The Morgan fingerprint density at radius 1 is 1.29 bits per heavy atom. The number of likely N-dealkylation sites (tertiary alicyclic amines) is 1. The molecule has 2 nitrogen and oxygen atoms in total. The van der Waals surface area contributed by atoms with Gasteiger partial charge in [0.1, 0.15) is 5.82 Å². The van der Waals surface area contributed by atoms with Gasteiger partial charge in [0.25, 0.3) is 0 Å². The largest absolute Gasteiger partial charge is 0.299 e. The molecule has 0 saturated carbocycles. The van der Waals surface area contributed by atoms with E-state index in [1.165, 1.54) is 6.07 Å². The minimum Gasteiger partial charge on any atom is -0.299 e. The normalized spacial score (nSPS) is 19.2. The average molecular weight is 288 g/mol. The molecule has 0 bridgehead atoms. The van der Waals surface area contributed by atoms with Gasteiger partial charge < -0.3 is 0 Å². The van der Waals surface area contributed by atoms with Crippen LogP contribution in [-0.4, -0.2) is 18.0 Å². The van der Waals surface area contributed by atoms with Crippen molar-refractivity contribution in [2.45, 2.75) is 46.6 Å². The number of halogens is 1. The second kappa shape index (κ2) is 6.15. The summed E-state index contributed by atoms with van der Waals surface area (Å²) in [5.41, 5.74) is 1.28. The SMILES string of the molecule is CC(C)(C)C1(CC#N)CCN(Cc2cccc(F)c2)CC1. The Balaban J connectivity index is 2.01. The Morgan fingerprint density at radius 3 is 2.48 bits per heavy atom. The van der Waals surface area contributed by atoms with Gasteiger partial charge in [-0.3, -0.25) is 4.90 Å². The first-order chi connectivity index (χ1) is 9.86. The standard InChI is InChI=1S/C18H25FN2/c1-17(2,3)18(7-10-20)8-11-21(12-9-18)14-15-5-4-6-16(19)13-15/h4-6,13H,7-9,11-12,14H2,1-3H3. The van der Waals surface area contributed by atoms with E-state index in [-0.39, 0.29) is 16.6 Å². The molecule has 0 atom stereocenters. The van der Waals surface area contributed by atoms with Crippen molar-refractivity contribution in [2.75, 3.05) is 13.1 Å². The quantitative estimate of drug-likeness (QED) is 0.826. The third kappa shape index (κ3) is 3.63. The van der Waals surface area contributed by atoms with Crippen molar-refractivity contribution in [1.82, 2.24) is 4.90 Å². The van der Waals surface area contributed by atoms with Gasteiger partial charge in [0.15, 0.2) is 0 Å². The van der Waals surface area contributed by atoms with Crippen molar-refractivity contribution >= 4 is 0 Å². The molecule has 0 radical (unpaired) electrons. The summed E-state index contributed by atoms with van der Waals surface area (Å²) < 4.78 is 13.2. The summed E-state index contributed by atoms with van der Waals surface area (Å²) in [5, 5.41) is 9.17. The zero-order valence-electron chi connectivity index (χ0n) is 13.3. The monoisotopic (exact) mass is 288 g/mol. The fraction of sp³-hybridized carbons (Fsp3) is 0.611. The molecular weight excluding hydrogens is 263 g/mol. The fourth-order valence-electron chi connectivity index (χ4n) is 3.38. The van der Waals surface area contributed by atoms with Crippen LogP contribution in [-0.2, 0) is 6.54 Å². The zero-order chi connectivity index (χ0) is 15.5. The molecule has 114 valence electrons. The second-order valence-electron chi connectivity index (χ2n) is 7.27. The van der Waals surface area contributed by atoms with Crippen molar-refractivity contribution < 1.29 is 4.39 Å². The molecule has 1 aliphatic heterocycles. The maximum atomic E-state index is 13.2. The van der Waals surface area contributed by atoms with Crippen LogP contribution in [0.2, 0.25) is 0 Å². The zero-order valence-corrected chi connectivity index (χ0v) is 13.3. The lowest BCUT2D eigenvalue weighted by Crippen LogP contribution is -2.46. The lowest BCUT2D eigenvalue weighted by Gasteiger charge is -2.49. The summed E-state index contributed by atoms with van der Waals surface area (Å²) in [6.07, 6.45) is 2.71. The van der Waals surface area contributed by atoms with Gasteiger partial charge in [0.05, 0.1) is 6.07 Å². The summed E-state index contributed by atoms with van der Waals surface area (Å²) in [6.45, 7) is 9.49. The first-order valence-corrected chi connectivity index (χ1v) is 7.70. The predicted octanol–water partition coefficient (Wildman–Crippen LogP) is 4.37. The van der Waals surface area contributed by atoms with E-state index in [1.807, 2.05) is 6.07 Å². The van der Waals surface area contributed by atoms with Gasteiger partial charge in [-0.15, -0.1) is 0 Å². The van der Waals surface area contributed by atoms with Crippen LogP contribution in [0.25, 0.3) is 0 Å². The van der Waals surface area contributed by atoms with Gasteiger partial charge in [-0.05, 0) is 54.5 Å². The highest BCUT2D eigenvalue weighted by Gasteiger charge is 2.43. The molecule has 1 aromatic rings. The van der Waals surface area contributed by atoms with E-state index in [2.05, 4.69) is 31.7 Å². The van der Waals surface area contributed by atoms with Crippen molar-refractivity contribution in [3.8, 4) is 6.07 Å². The Hall–Kier alpha value is -1.40. The molecule has 1 saturated heterocycles. The summed E-state index contributed by atoms with van der Waals surface area (Å²) in [6, 6.07) is 9.23. The minimum absolute atomic E-state index is 0.111. The number of hydrogen-bond donors (Lipinski definition) is 0. The van der Waals surface area contributed by atoms with Gasteiger partial charge in [-0.1, -0.05) is 32.9 Å². The predicted molar refractivity (Wildman–Crippen MR) is 83.0 cm³/mol. The highest BCUT2D eigenvalue weighted by Crippen LogP contribution is 2.49. The molecule has 0 aromatic heterocycles. The molecule has 21 heavy (non-hydrogen) atoms. The molecule has 3 heteroatoms. The number of rotatable bonds is 3. The van der Waals surface area contributed by atoms with E-state index < -0.39 is 0 Å². The third-order valence-corrected chi connectivity index (χ3v) is 5.12. The number of nitrogens with zero attached hydrogens (tertiary/aromatic N) is 2. The minimum atomic E-state index is -0.168. The Morgan fingerprint density at radius 2 is 1.95 bits per heavy atom. The van der Waals surface area contributed by atoms with Gasteiger partial charge in [0.2, 0.25) is 0 Å². The smallest absolute Gasteiger partial charge is 0.123 e. The van der Waals surface area contributed by atoms with Gasteiger partial charge in [-0.25, -0.2) is 4.39 Å². The van der Waals surface area contributed by atoms with Crippen LogP contribution in [0, 0.1) is 28.0 Å². The van der Waals surface area contributed by atoms with Crippen molar-refractivity contribution in [1.29, 1.82) is 5.26 Å². The molecule has 1 aliphatic rings. The first kappa shape index (κ1) is 16.0. The molecule has 1 aromatic carbocycles. The highest BCUT2D eigenvalue weighted by molar-refractivity contribution is 5.16. The van der Waals surface area contributed by atoms with E-state index in [9.17, 15) is 9.65 Å². The molecule has 0 aliphatic carbocycles. The average Bonchev–Trinajstić information content (AvgIpc) is 2.40. The van der Waals surface area contributed by atoms with E-state index in [4.69, 9.17) is 0 Å². The van der Waals surface area contributed by atoms with Crippen molar-refractivity contribution in [2.24, 2.45) is 10.8 Å². The van der Waals surface area contributed by atoms with Crippen LogP contribution < -0.4 is 0 Å². The second-order valence-corrected chi connectivity index (χ2v) is 7.27. The summed E-state index contributed by atoms with van der Waals surface area (Å²) in [4.78, 5) is 2.37. The number of benzene rings is 1. The lowest BCUT2D eigenvalue weighted by atomic mass is 9.60. The molecular formula is C18H25FN2. The topological polar surface area (TPSA) is 27.0 Å². The molecule has 0 N–H and O–H groups in total. The Kier molecular flexibility index (Phi) is 4.68. The van der Waals surface area contributed by atoms with Crippen LogP contribution >= 0.6 is 0 Å². The van der Waals surface area contributed by atoms with Gasteiger partial charge >= 0.3 is 0 Å². The third-order valence-electron chi connectivity index (χ3n) is 5.12. The summed E-state index contributed by atoms with van der Waals surface area (Å²) in [5.74, 6) is -0.168. The van der Waals surface area contributed by atoms with Crippen LogP contribution in [0.5, 0.6) is 0 Å². The number of hydrogen-bond acceptors (Lipinski definition) is 2. The fourth-order valence-corrected chi connectivity index (χ4v) is 3.38. The molecule has 0 unspecified atom stereocenters. The van der Waals surface area contributed by atoms with Crippen LogP contribution in [0.1, 0.15) is 45.6 Å². The first-order valence-electron chi connectivity index (χ1n) is 7.70. The van der Waals surface area contributed by atoms with Gasteiger partial charge in [-0.2, -0.15) is 5.26 Å². The molecule has 2 rings (SSSR count). The summed E-state index contributed by atoms with van der Waals surface area (Å²) in [7, 11) is 0. The number of piperidine rings is 1. The molecule has 0 amide bonds. The van der Waals surface area contributed by atoms with E-state index in [0.717, 1.165) is 38.0 Å². The molecule has 1 fully saturated rings. The summed E-state index contributed by atoms with van der Waals surface area (Å²) >= 11 is 0. The van der Waals surface area contributed by atoms with Gasteiger partial charge in [0, 0.05) is 13.0 Å². The van der Waals surface area contributed by atoms with Crippen LogP contribution in [0.3, 0.4) is 0 Å². The Labute approximate surface area is 127 Å². The van der Waals surface area contributed by atoms with Crippen LogP contribution in [0.15, 0.2) is 24.3 Å². The Bertz CT molecular complexity index is 517. The highest BCUT2D eigenvalue weighted by atomic mass is 19.1. The lowest BCUT2D eigenvalue weighted by molar-refractivity contribution is 0.00709. The van der Waals surface area contributed by atoms with Crippen molar-refractivity contribution in [3.05, 3.63) is 35.6 Å².